The average Bonchev–Trinajstić information content (AvgIpc) is 2.66. The number of piperidine rings is 1. The molecule has 1 saturated heterocycles. The summed E-state index contributed by atoms with van der Waals surface area (Å²) < 4.78 is 5.49. The van der Waals surface area contributed by atoms with E-state index >= 15 is 0 Å². The van der Waals surface area contributed by atoms with Gasteiger partial charge in [0.05, 0.1) is 0 Å². The summed E-state index contributed by atoms with van der Waals surface area (Å²) in [5, 5.41) is 3.55. The highest BCUT2D eigenvalue weighted by Gasteiger charge is 2.53. The minimum absolute atomic E-state index is 0.694. The first-order chi connectivity index (χ1) is 8.36. The van der Waals surface area contributed by atoms with Crippen molar-refractivity contribution in [3.8, 4) is 0 Å². The van der Waals surface area contributed by atoms with Crippen LogP contribution in [0.15, 0.2) is 0 Å². The van der Waals surface area contributed by atoms with Crippen molar-refractivity contribution >= 4 is 0 Å². The molecule has 2 nitrogen and oxygen atoms in total. The molecule has 1 N–H and O–H groups in total. The molecule has 3 atom stereocenters. The zero-order chi connectivity index (χ0) is 11.7. The van der Waals surface area contributed by atoms with E-state index in [1.807, 2.05) is 7.11 Å². The Morgan fingerprint density at radius 2 is 1.94 bits per heavy atom. The Morgan fingerprint density at radius 1 is 1.18 bits per heavy atom. The predicted molar refractivity (Wildman–Crippen MR) is 70.0 cm³/mol. The summed E-state index contributed by atoms with van der Waals surface area (Å²) in [6, 6.07) is 0. The average molecular weight is 237 g/mol. The summed E-state index contributed by atoms with van der Waals surface area (Å²) in [5.41, 5.74) is 0.694. The van der Waals surface area contributed by atoms with Gasteiger partial charge in [0.25, 0.3) is 0 Å². The molecule has 1 spiro atoms. The van der Waals surface area contributed by atoms with Gasteiger partial charge in [0.2, 0.25) is 0 Å². The SMILES string of the molecule is COC[C@@H]1CC2(CCNCC2)C2CCCCC21. The summed E-state index contributed by atoms with van der Waals surface area (Å²) in [6.45, 7) is 3.52. The predicted octanol–water partition coefficient (Wildman–Crippen LogP) is 2.83. The normalized spacial score (nSPS) is 40.4. The fraction of sp³-hybridized carbons (Fsp3) is 1.00. The van der Waals surface area contributed by atoms with Gasteiger partial charge in [-0.1, -0.05) is 12.8 Å². The number of rotatable bonds is 2. The molecule has 2 saturated carbocycles. The minimum Gasteiger partial charge on any atom is -0.384 e. The van der Waals surface area contributed by atoms with Crippen molar-refractivity contribution < 1.29 is 4.74 Å². The van der Waals surface area contributed by atoms with Crippen molar-refractivity contribution in [3.05, 3.63) is 0 Å². The molecule has 17 heavy (non-hydrogen) atoms. The third-order valence-corrected chi connectivity index (χ3v) is 5.86. The summed E-state index contributed by atoms with van der Waals surface area (Å²) in [4.78, 5) is 0. The number of fused-ring (bicyclic) bond motifs is 2. The van der Waals surface area contributed by atoms with Gasteiger partial charge in [-0.2, -0.15) is 0 Å². The zero-order valence-corrected chi connectivity index (χ0v) is 11.2. The molecule has 0 aromatic heterocycles. The van der Waals surface area contributed by atoms with E-state index < -0.39 is 0 Å². The topological polar surface area (TPSA) is 21.3 Å². The molecule has 1 aliphatic heterocycles. The van der Waals surface area contributed by atoms with Crippen LogP contribution in [0.4, 0.5) is 0 Å². The lowest BCUT2D eigenvalue weighted by Crippen LogP contribution is -2.40. The molecule has 0 radical (unpaired) electrons. The van der Waals surface area contributed by atoms with E-state index in [1.54, 1.807) is 0 Å². The van der Waals surface area contributed by atoms with Gasteiger partial charge >= 0.3 is 0 Å². The van der Waals surface area contributed by atoms with Crippen molar-refractivity contribution in [3.63, 3.8) is 0 Å². The van der Waals surface area contributed by atoms with Gasteiger partial charge < -0.3 is 10.1 Å². The number of ether oxygens (including phenoxy) is 1. The second-order valence-electron chi connectivity index (χ2n) is 6.59. The van der Waals surface area contributed by atoms with E-state index in [9.17, 15) is 0 Å². The Hall–Kier alpha value is -0.0800. The van der Waals surface area contributed by atoms with Crippen LogP contribution in [0.2, 0.25) is 0 Å². The summed E-state index contributed by atoms with van der Waals surface area (Å²) in [5.74, 6) is 2.88. The van der Waals surface area contributed by atoms with Crippen molar-refractivity contribution in [2.75, 3.05) is 26.8 Å². The van der Waals surface area contributed by atoms with Crippen LogP contribution < -0.4 is 5.32 Å². The lowest BCUT2D eigenvalue weighted by atomic mass is 9.65. The van der Waals surface area contributed by atoms with Crippen LogP contribution in [0.5, 0.6) is 0 Å². The maximum atomic E-state index is 5.49. The first-order valence-corrected chi connectivity index (χ1v) is 7.55. The van der Waals surface area contributed by atoms with Gasteiger partial charge in [-0.15, -0.1) is 0 Å². The van der Waals surface area contributed by atoms with Crippen LogP contribution in [0.3, 0.4) is 0 Å². The molecule has 2 unspecified atom stereocenters. The molecule has 1 heterocycles. The van der Waals surface area contributed by atoms with Crippen LogP contribution in [0.1, 0.15) is 44.9 Å². The molecule has 0 aromatic rings. The van der Waals surface area contributed by atoms with Crippen LogP contribution in [-0.4, -0.2) is 26.8 Å². The molecule has 0 amide bonds. The van der Waals surface area contributed by atoms with Gasteiger partial charge in [-0.25, -0.2) is 0 Å². The second kappa shape index (κ2) is 4.89. The van der Waals surface area contributed by atoms with Gasteiger partial charge in [0.1, 0.15) is 0 Å². The maximum Gasteiger partial charge on any atom is 0.0493 e. The Labute approximate surface area is 105 Å². The highest BCUT2D eigenvalue weighted by Crippen LogP contribution is 2.59. The minimum atomic E-state index is 0.694. The van der Waals surface area contributed by atoms with Crippen molar-refractivity contribution in [2.24, 2.45) is 23.2 Å². The second-order valence-corrected chi connectivity index (χ2v) is 6.59. The fourth-order valence-corrected chi connectivity index (χ4v) is 5.21. The highest BCUT2D eigenvalue weighted by atomic mass is 16.5. The Morgan fingerprint density at radius 3 is 2.71 bits per heavy atom. The van der Waals surface area contributed by atoms with E-state index in [2.05, 4.69) is 5.32 Å². The van der Waals surface area contributed by atoms with Crippen LogP contribution in [0, 0.1) is 23.2 Å². The standard InChI is InChI=1S/C15H27NO/c1-17-11-12-10-15(6-8-16-9-7-15)14-5-3-2-4-13(12)14/h12-14,16H,2-11H2,1H3/t12-,13?,14?/m0/s1. The Bertz CT molecular complexity index is 260. The van der Waals surface area contributed by atoms with E-state index in [4.69, 9.17) is 4.74 Å². The van der Waals surface area contributed by atoms with E-state index in [-0.39, 0.29) is 0 Å². The third kappa shape index (κ3) is 2.04. The summed E-state index contributed by atoms with van der Waals surface area (Å²) in [7, 11) is 1.88. The number of hydrogen-bond acceptors (Lipinski definition) is 2. The lowest BCUT2D eigenvalue weighted by molar-refractivity contribution is 0.0842. The van der Waals surface area contributed by atoms with Crippen molar-refractivity contribution in [1.82, 2.24) is 5.32 Å². The van der Waals surface area contributed by atoms with Crippen LogP contribution >= 0.6 is 0 Å². The number of hydrogen-bond donors (Lipinski definition) is 1. The molecular weight excluding hydrogens is 210 g/mol. The van der Waals surface area contributed by atoms with Crippen molar-refractivity contribution in [1.29, 1.82) is 0 Å². The maximum absolute atomic E-state index is 5.49. The van der Waals surface area contributed by atoms with Gasteiger partial charge in [-0.05, 0) is 68.4 Å². The molecule has 3 fully saturated rings. The van der Waals surface area contributed by atoms with Crippen LogP contribution in [-0.2, 0) is 4.74 Å². The molecule has 0 aromatic carbocycles. The van der Waals surface area contributed by atoms with E-state index in [1.165, 1.54) is 58.0 Å². The smallest absolute Gasteiger partial charge is 0.0493 e. The van der Waals surface area contributed by atoms with Gasteiger partial charge in [0.15, 0.2) is 0 Å². The first kappa shape index (κ1) is 12.0. The first-order valence-electron chi connectivity index (χ1n) is 7.55. The molecule has 98 valence electrons. The third-order valence-electron chi connectivity index (χ3n) is 5.86. The monoisotopic (exact) mass is 237 g/mol. The molecule has 3 rings (SSSR count). The van der Waals surface area contributed by atoms with E-state index in [0.29, 0.717) is 5.41 Å². The molecule has 0 bridgehead atoms. The quantitative estimate of drug-likeness (QED) is 0.797. The lowest BCUT2D eigenvalue weighted by Gasteiger charge is -2.42. The summed E-state index contributed by atoms with van der Waals surface area (Å²) >= 11 is 0. The van der Waals surface area contributed by atoms with Gasteiger partial charge in [-0.3, -0.25) is 0 Å². The Kier molecular flexibility index (Phi) is 3.45. The Balaban J connectivity index is 1.79. The highest BCUT2D eigenvalue weighted by molar-refractivity contribution is 5.03. The molecule has 3 aliphatic rings. The number of nitrogens with one attached hydrogen (secondary N) is 1. The fourth-order valence-electron chi connectivity index (χ4n) is 5.21. The largest absolute Gasteiger partial charge is 0.384 e. The molecular formula is C15H27NO. The van der Waals surface area contributed by atoms with Crippen molar-refractivity contribution in [2.45, 2.75) is 44.9 Å². The number of methoxy groups -OCH3 is 1. The molecule has 2 heteroatoms. The molecule has 2 aliphatic carbocycles. The van der Waals surface area contributed by atoms with Gasteiger partial charge in [0, 0.05) is 13.7 Å². The summed E-state index contributed by atoms with van der Waals surface area (Å²) in [6.07, 6.45) is 10.2. The van der Waals surface area contributed by atoms with E-state index in [0.717, 1.165) is 24.4 Å². The zero-order valence-electron chi connectivity index (χ0n) is 11.2. The van der Waals surface area contributed by atoms with Crippen LogP contribution in [0.25, 0.3) is 0 Å².